The van der Waals surface area contributed by atoms with Crippen LogP contribution in [-0.4, -0.2) is 42.4 Å². The van der Waals surface area contributed by atoms with Crippen LogP contribution in [0.25, 0.3) is 0 Å². The highest BCUT2D eigenvalue weighted by molar-refractivity contribution is 6.33. The van der Waals surface area contributed by atoms with Crippen molar-refractivity contribution in [1.82, 2.24) is 0 Å². The smallest absolute Gasteiger partial charge is 0.314 e. The average molecular weight is 221 g/mol. The van der Waals surface area contributed by atoms with E-state index >= 15 is 0 Å². The van der Waals surface area contributed by atoms with E-state index in [-0.39, 0.29) is 11.5 Å². The SMILES string of the molecule is B[C@H](c1ccc(O)c(O)c1)[C@](B)(N)C(=O)O. The second-order valence-electron chi connectivity index (χ2n) is 4.06. The summed E-state index contributed by atoms with van der Waals surface area (Å²) >= 11 is 0. The summed E-state index contributed by atoms with van der Waals surface area (Å²) in [6.07, 6.45) is 0. The number of carbonyl (C=O) groups is 1. The molecular weight excluding hydrogens is 208 g/mol. The summed E-state index contributed by atoms with van der Waals surface area (Å²) in [5.74, 6) is -2.14. The Labute approximate surface area is 94.7 Å². The van der Waals surface area contributed by atoms with Gasteiger partial charge in [0.25, 0.3) is 0 Å². The number of hydrogen-bond donors (Lipinski definition) is 4. The number of phenols is 2. The van der Waals surface area contributed by atoms with E-state index < -0.39 is 17.2 Å². The predicted octanol–water partition coefficient (Wildman–Crippen LogP) is -1.86. The Bertz CT molecular complexity index is 422. The second-order valence-corrected chi connectivity index (χ2v) is 4.06. The molecule has 5 nitrogen and oxygen atoms in total. The molecule has 0 aromatic heterocycles. The van der Waals surface area contributed by atoms with Crippen LogP contribution in [0.2, 0.25) is 0 Å². The zero-order chi connectivity index (χ0) is 12.5. The molecule has 0 fully saturated rings. The van der Waals surface area contributed by atoms with Gasteiger partial charge in [-0.25, -0.2) is 0 Å². The molecule has 0 unspecified atom stereocenters. The summed E-state index contributed by atoms with van der Waals surface area (Å²) in [5.41, 5.74) is 4.81. The Balaban J connectivity index is 3.10. The maximum absolute atomic E-state index is 11.0. The quantitative estimate of drug-likeness (QED) is 0.354. The van der Waals surface area contributed by atoms with Crippen LogP contribution in [-0.2, 0) is 4.79 Å². The molecular formula is C9H13B2NO4. The van der Waals surface area contributed by atoms with Crippen LogP contribution >= 0.6 is 0 Å². The van der Waals surface area contributed by atoms with Gasteiger partial charge >= 0.3 is 5.97 Å². The molecule has 0 spiro atoms. The molecule has 0 heterocycles. The van der Waals surface area contributed by atoms with Crippen LogP contribution < -0.4 is 5.73 Å². The molecule has 0 aliphatic heterocycles. The molecule has 16 heavy (non-hydrogen) atoms. The van der Waals surface area contributed by atoms with Crippen LogP contribution in [0.3, 0.4) is 0 Å². The van der Waals surface area contributed by atoms with Gasteiger partial charge in [0.05, 0.1) is 5.44 Å². The van der Waals surface area contributed by atoms with E-state index in [1.807, 2.05) is 0 Å². The highest BCUT2D eigenvalue weighted by Gasteiger charge is 2.35. The number of rotatable bonds is 3. The highest BCUT2D eigenvalue weighted by Crippen LogP contribution is 2.30. The van der Waals surface area contributed by atoms with Crippen molar-refractivity contribution in [3.05, 3.63) is 23.8 Å². The number of nitrogens with two attached hydrogens (primary N) is 1. The van der Waals surface area contributed by atoms with Crippen LogP contribution in [0.5, 0.6) is 11.5 Å². The molecule has 7 heteroatoms. The van der Waals surface area contributed by atoms with E-state index in [2.05, 4.69) is 0 Å². The maximum atomic E-state index is 11.0. The zero-order valence-corrected chi connectivity index (χ0v) is 9.14. The van der Waals surface area contributed by atoms with E-state index in [4.69, 9.17) is 15.9 Å². The molecule has 0 saturated carbocycles. The van der Waals surface area contributed by atoms with Gasteiger partial charge in [0, 0.05) is 0 Å². The van der Waals surface area contributed by atoms with Crippen LogP contribution in [0.4, 0.5) is 0 Å². The first-order chi connectivity index (χ1) is 7.26. The lowest BCUT2D eigenvalue weighted by Gasteiger charge is -2.27. The Kier molecular flexibility index (Phi) is 3.19. The molecule has 1 aromatic rings. The van der Waals surface area contributed by atoms with E-state index in [0.717, 1.165) is 0 Å². The molecule has 0 saturated heterocycles. The number of aliphatic carboxylic acids is 1. The number of phenolic OH excluding ortho intramolecular Hbond substituents is 2. The van der Waals surface area contributed by atoms with Gasteiger partial charge in [0.1, 0.15) is 15.7 Å². The van der Waals surface area contributed by atoms with E-state index in [9.17, 15) is 9.90 Å². The Morgan fingerprint density at radius 3 is 2.38 bits per heavy atom. The van der Waals surface area contributed by atoms with Crippen molar-refractivity contribution in [2.75, 3.05) is 0 Å². The number of aromatic hydroxyl groups is 2. The molecule has 2 atom stereocenters. The predicted molar refractivity (Wildman–Crippen MR) is 64.2 cm³/mol. The number of hydrogen-bond acceptors (Lipinski definition) is 4. The largest absolute Gasteiger partial charge is 0.504 e. The summed E-state index contributed by atoms with van der Waals surface area (Å²) in [5, 5.41) is 27.4. The van der Waals surface area contributed by atoms with Crippen molar-refractivity contribution in [3.63, 3.8) is 0 Å². The minimum atomic E-state index is -1.43. The Hall–Kier alpha value is -1.62. The lowest BCUT2D eigenvalue weighted by molar-refractivity contribution is -0.140. The summed E-state index contributed by atoms with van der Waals surface area (Å²) in [6, 6.07) is 4.15. The van der Waals surface area contributed by atoms with Crippen LogP contribution in [0, 0.1) is 0 Å². The first-order valence-corrected chi connectivity index (χ1v) is 4.81. The molecule has 1 aromatic carbocycles. The number of benzene rings is 1. The molecule has 1 rings (SSSR count). The fourth-order valence-electron chi connectivity index (χ4n) is 1.34. The average Bonchev–Trinajstić information content (AvgIpc) is 2.20. The minimum absolute atomic E-state index is 0.245. The van der Waals surface area contributed by atoms with Crippen molar-refractivity contribution in [2.45, 2.75) is 11.3 Å². The summed E-state index contributed by atoms with van der Waals surface area (Å²) < 4.78 is 0. The Morgan fingerprint density at radius 2 is 1.94 bits per heavy atom. The van der Waals surface area contributed by atoms with Gasteiger partial charge in [-0.05, 0) is 23.5 Å². The number of carboxylic acid groups (broad SMARTS) is 1. The second kappa shape index (κ2) is 4.09. The fraction of sp³-hybridized carbons (Fsp3) is 0.222. The molecule has 0 radical (unpaired) electrons. The number of carboxylic acids is 1. The summed E-state index contributed by atoms with van der Waals surface area (Å²) in [6.45, 7) is 0. The van der Waals surface area contributed by atoms with Crippen molar-refractivity contribution in [1.29, 1.82) is 0 Å². The monoisotopic (exact) mass is 221 g/mol. The maximum Gasteiger partial charge on any atom is 0.314 e. The van der Waals surface area contributed by atoms with Crippen molar-refractivity contribution < 1.29 is 20.1 Å². The molecule has 0 amide bonds. The summed E-state index contributed by atoms with van der Waals surface area (Å²) in [7, 11) is 3.06. The van der Waals surface area contributed by atoms with Crippen LogP contribution in [0.1, 0.15) is 11.4 Å². The lowest BCUT2D eigenvalue weighted by Crippen LogP contribution is -2.53. The fourth-order valence-corrected chi connectivity index (χ4v) is 1.34. The standard InChI is InChI=1S/C9H13B2NO4/c10-7(9(11,12)8(15)16)4-1-2-5(13)6(14)3-4/h1-3,7,13-14H,10-12H2,(H,15,16)/t7-,9+/m1/s1. The summed E-state index contributed by atoms with van der Waals surface area (Å²) in [4.78, 5) is 11.0. The lowest BCUT2D eigenvalue weighted by atomic mass is 9.58. The van der Waals surface area contributed by atoms with E-state index in [1.165, 1.54) is 26.0 Å². The van der Waals surface area contributed by atoms with Gasteiger partial charge in [-0.2, -0.15) is 0 Å². The van der Waals surface area contributed by atoms with Gasteiger partial charge in [-0.1, -0.05) is 6.07 Å². The third-order valence-corrected chi connectivity index (χ3v) is 2.86. The molecule has 5 N–H and O–H groups in total. The van der Waals surface area contributed by atoms with Crippen LogP contribution in [0.15, 0.2) is 18.2 Å². The normalized spacial score (nSPS) is 16.3. The van der Waals surface area contributed by atoms with E-state index in [0.29, 0.717) is 5.56 Å². The van der Waals surface area contributed by atoms with Gasteiger partial charge in [0.15, 0.2) is 11.5 Å². The van der Waals surface area contributed by atoms with Crippen molar-refractivity contribution in [3.8, 4) is 11.5 Å². The topological polar surface area (TPSA) is 104 Å². The van der Waals surface area contributed by atoms with E-state index in [1.54, 1.807) is 7.85 Å². The molecule has 84 valence electrons. The van der Waals surface area contributed by atoms with Gasteiger partial charge in [-0.15, -0.1) is 0 Å². The van der Waals surface area contributed by atoms with Gasteiger partial charge < -0.3 is 21.1 Å². The van der Waals surface area contributed by atoms with Gasteiger partial charge in [0.2, 0.25) is 0 Å². The third kappa shape index (κ3) is 2.14. The highest BCUT2D eigenvalue weighted by atomic mass is 16.4. The molecule has 0 aliphatic carbocycles. The first kappa shape index (κ1) is 12.4. The third-order valence-electron chi connectivity index (χ3n) is 2.86. The first-order valence-electron chi connectivity index (χ1n) is 4.81. The van der Waals surface area contributed by atoms with Crippen molar-refractivity contribution in [2.24, 2.45) is 5.73 Å². The van der Waals surface area contributed by atoms with Crippen molar-refractivity contribution >= 4 is 21.7 Å². The van der Waals surface area contributed by atoms with Gasteiger partial charge in [-0.3, -0.25) is 4.79 Å². The minimum Gasteiger partial charge on any atom is -0.504 e. The zero-order valence-electron chi connectivity index (χ0n) is 9.14. The molecule has 0 aliphatic rings. The Morgan fingerprint density at radius 1 is 1.38 bits per heavy atom. The molecule has 0 bridgehead atoms.